The summed E-state index contributed by atoms with van der Waals surface area (Å²) in [6, 6.07) is 7.12. The highest BCUT2D eigenvalue weighted by Gasteiger charge is 2.41. The second-order valence-electron chi connectivity index (χ2n) is 7.76. The summed E-state index contributed by atoms with van der Waals surface area (Å²) in [6.07, 6.45) is 4.27. The van der Waals surface area contributed by atoms with Crippen molar-refractivity contribution < 1.29 is 4.79 Å². The van der Waals surface area contributed by atoms with E-state index < -0.39 is 0 Å². The molecule has 0 bridgehead atoms. The van der Waals surface area contributed by atoms with Gasteiger partial charge in [-0.15, -0.1) is 0 Å². The summed E-state index contributed by atoms with van der Waals surface area (Å²) in [6.45, 7) is 7.66. The Balaban J connectivity index is 1.62. The van der Waals surface area contributed by atoms with E-state index >= 15 is 0 Å². The zero-order valence-corrected chi connectivity index (χ0v) is 15.6. The van der Waals surface area contributed by atoms with Gasteiger partial charge in [-0.05, 0) is 50.2 Å². The molecular weight excluding hydrogens is 310 g/mol. The summed E-state index contributed by atoms with van der Waals surface area (Å²) in [7, 11) is 2.20. The summed E-state index contributed by atoms with van der Waals surface area (Å²) < 4.78 is 0. The molecule has 2 heterocycles. The lowest BCUT2D eigenvalue weighted by Crippen LogP contribution is -2.50. The van der Waals surface area contributed by atoms with Crippen LogP contribution in [0.15, 0.2) is 24.4 Å². The average molecular weight is 339 g/mol. The lowest BCUT2D eigenvalue weighted by atomic mass is 9.71. The number of piperidine rings is 1. The van der Waals surface area contributed by atoms with Crippen molar-refractivity contribution in [2.45, 2.75) is 38.6 Å². The molecule has 134 valence electrons. The maximum atomic E-state index is 12.9. The van der Waals surface area contributed by atoms with Gasteiger partial charge in [0.25, 0.3) is 0 Å². The number of aromatic nitrogens is 1. The molecule has 2 aliphatic rings. The van der Waals surface area contributed by atoms with Gasteiger partial charge in [-0.1, -0.05) is 26.0 Å². The number of aromatic amines is 1. The molecule has 4 rings (SSSR count). The maximum Gasteiger partial charge on any atom is 0.151 e. The van der Waals surface area contributed by atoms with Crippen molar-refractivity contribution in [3.63, 3.8) is 0 Å². The molecule has 2 unspecified atom stereocenters. The third-order valence-electron chi connectivity index (χ3n) is 6.45. The molecule has 4 nitrogen and oxygen atoms in total. The number of nitrogens with one attached hydrogen (secondary N) is 1. The summed E-state index contributed by atoms with van der Waals surface area (Å²) in [4.78, 5) is 21.0. The lowest BCUT2D eigenvalue weighted by molar-refractivity contribution is -0.126. The van der Waals surface area contributed by atoms with Crippen molar-refractivity contribution >= 4 is 16.7 Å². The van der Waals surface area contributed by atoms with Crippen LogP contribution in [-0.4, -0.2) is 59.8 Å². The fourth-order valence-electron chi connectivity index (χ4n) is 4.97. The van der Waals surface area contributed by atoms with E-state index in [1.807, 2.05) is 0 Å². The predicted octanol–water partition coefficient (Wildman–Crippen LogP) is 3.04. The number of likely N-dealkylation sites (N-methyl/N-ethyl adjacent to an activating group) is 2. The van der Waals surface area contributed by atoms with E-state index in [2.05, 4.69) is 60.1 Å². The number of hydrogen-bond acceptors (Lipinski definition) is 3. The second-order valence-corrected chi connectivity index (χ2v) is 7.76. The lowest BCUT2D eigenvalue weighted by Gasteiger charge is -2.45. The normalized spacial score (nSPS) is 26.2. The molecule has 1 saturated heterocycles. The van der Waals surface area contributed by atoms with Gasteiger partial charge < -0.3 is 9.88 Å². The Bertz CT molecular complexity index is 777. The van der Waals surface area contributed by atoms with Crippen LogP contribution in [0.25, 0.3) is 10.9 Å². The Kier molecular flexibility index (Phi) is 4.42. The van der Waals surface area contributed by atoms with Crippen molar-refractivity contribution in [3.05, 3.63) is 35.5 Å². The minimum absolute atomic E-state index is 0.155. The fourth-order valence-corrected chi connectivity index (χ4v) is 4.97. The van der Waals surface area contributed by atoms with Gasteiger partial charge in [0, 0.05) is 41.5 Å². The Labute approximate surface area is 150 Å². The topological polar surface area (TPSA) is 39.3 Å². The molecule has 1 aliphatic heterocycles. The molecule has 3 atom stereocenters. The van der Waals surface area contributed by atoms with E-state index in [-0.39, 0.29) is 5.92 Å². The zero-order valence-electron chi connectivity index (χ0n) is 15.6. The molecule has 1 aromatic carbocycles. The molecule has 1 N–H and O–H groups in total. The van der Waals surface area contributed by atoms with Crippen LogP contribution in [0.2, 0.25) is 0 Å². The standard InChI is InChI=1S/C21H29N3O/c1-4-24(5-2)13-20(25)15-9-17-16-7-6-8-18-21(16)14(11-22-18)10-19(17)23(3)12-15/h6-8,11,15,17,19,22H,4-5,9-10,12-13H2,1-3H3/t15?,17?,19-/m1/s1. The number of fused-ring (bicyclic) bond motifs is 2. The highest BCUT2D eigenvalue weighted by molar-refractivity contribution is 5.89. The Morgan fingerprint density at radius 2 is 2.12 bits per heavy atom. The quantitative estimate of drug-likeness (QED) is 0.910. The molecule has 25 heavy (non-hydrogen) atoms. The van der Waals surface area contributed by atoms with E-state index in [0.717, 1.165) is 32.5 Å². The van der Waals surface area contributed by atoms with Gasteiger partial charge >= 0.3 is 0 Å². The summed E-state index contributed by atoms with van der Waals surface area (Å²) in [5.74, 6) is 1.04. The van der Waals surface area contributed by atoms with Crippen molar-refractivity contribution in [2.75, 3.05) is 33.2 Å². The minimum atomic E-state index is 0.155. The van der Waals surface area contributed by atoms with Crippen LogP contribution < -0.4 is 0 Å². The molecule has 0 spiro atoms. The molecule has 0 radical (unpaired) electrons. The number of ketones is 1. The van der Waals surface area contributed by atoms with Crippen LogP contribution in [0.5, 0.6) is 0 Å². The fraction of sp³-hybridized carbons (Fsp3) is 0.571. The Morgan fingerprint density at radius 1 is 1.32 bits per heavy atom. The first-order chi connectivity index (χ1) is 12.1. The first kappa shape index (κ1) is 16.8. The molecule has 1 fully saturated rings. The molecule has 4 heteroatoms. The predicted molar refractivity (Wildman–Crippen MR) is 102 cm³/mol. The van der Waals surface area contributed by atoms with Crippen LogP contribution in [0.1, 0.15) is 37.3 Å². The van der Waals surface area contributed by atoms with Gasteiger partial charge in [0.2, 0.25) is 0 Å². The van der Waals surface area contributed by atoms with Crippen LogP contribution >= 0.6 is 0 Å². The molecule has 1 aromatic heterocycles. The van der Waals surface area contributed by atoms with Crippen LogP contribution in [0.4, 0.5) is 0 Å². The van der Waals surface area contributed by atoms with Crippen LogP contribution in [0.3, 0.4) is 0 Å². The first-order valence-electron chi connectivity index (χ1n) is 9.66. The monoisotopic (exact) mass is 339 g/mol. The van der Waals surface area contributed by atoms with Crippen molar-refractivity contribution in [3.8, 4) is 0 Å². The van der Waals surface area contributed by atoms with Gasteiger partial charge in [0.15, 0.2) is 5.78 Å². The summed E-state index contributed by atoms with van der Waals surface area (Å²) >= 11 is 0. The zero-order chi connectivity index (χ0) is 17.6. The Morgan fingerprint density at radius 3 is 2.88 bits per heavy atom. The number of rotatable bonds is 5. The van der Waals surface area contributed by atoms with E-state index in [4.69, 9.17) is 0 Å². The number of carbonyl (C=O) groups excluding carboxylic acids is 1. The minimum Gasteiger partial charge on any atom is -0.361 e. The van der Waals surface area contributed by atoms with Crippen molar-refractivity contribution in [2.24, 2.45) is 5.92 Å². The van der Waals surface area contributed by atoms with Gasteiger partial charge in [-0.25, -0.2) is 0 Å². The smallest absolute Gasteiger partial charge is 0.151 e. The van der Waals surface area contributed by atoms with E-state index in [0.29, 0.717) is 24.3 Å². The van der Waals surface area contributed by atoms with Gasteiger partial charge in [-0.2, -0.15) is 0 Å². The highest BCUT2D eigenvalue weighted by Crippen LogP contribution is 2.44. The average Bonchev–Trinajstić information content (AvgIpc) is 3.04. The molecule has 1 aliphatic carbocycles. The highest BCUT2D eigenvalue weighted by atomic mass is 16.1. The number of H-pyrrole nitrogens is 1. The number of Topliss-reactive ketones (excluding diaryl/α,β-unsaturated/α-hetero) is 1. The van der Waals surface area contributed by atoms with Gasteiger partial charge in [0.1, 0.15) is 0 Å². The second kappa shape index (κ2) is 6.58. The van der Waals surface area contributed by atoms with E-state index in [9.17, 15) is 4.79 Å². The van der Waals surface area contributed by atoms with Crippen LogP contribution in [-0.2, 0) is 11.2 Å². The van der Waals surface area contributed by atoms with Crippen LogP contribution in [0, 0.1) is 5.92 Å². The largest absolute Gasteiger partial charge is 0.361 e. The van der Waals surface area contributed by atoms with Gasteiger partial charge in [0.05, 0.1) is 6.54 Å². The summed E-state index contributed by atoms with van der Waals surface area (Å²) in [5.41, 5.74) is 4.12. The number of likely N-dealkylation sites (tertiary alicyclic amines) is 1. The SMILES string of the molecule is CCN(CC)CC(=O)C1CC2c3cccc4[nH]cc(c34)C[C@H]2N(C)C1. The number of benzene rings is 1. The number of hydrogen-bond donors (Lipinski definition) is 1. The number of carbonyl (C=O) groups is 1. The molecule has 0 amide bonds. The molecule has 0 saturated carbocycles. The van der Waals surface area contributed by atoms with Crippen molar-refractivity contribution in [1.29, 1.82) is 0 Å². The van der Waals surface area contributed by atoms with E-state index in [1.165, 1.54) is 22.0 Å². The van der Waals surface area contributed by atoms with Crippen molar-refractivity contribution in [1.82, 2.24) is 14.8 Å². The Hall–Kier alpha value is -1.65. The molecule has 2 aromatic rings. The maximum absolute atomic E-state index is 12.9. The van der Waals surface area contributed by atoms with Gasteiger partial charge in [-0.3, -0.25) is 9.69 Å². The third-order valence-corrected chi connectivity index (χ3v) is 6.45. The summed E-state index contributed by atoms with van der Waals surface area (Å²) in [5, 5.41) is 1.41. The van der Waals surface area contributed by atoms with E-state index in [1.54, 1.807) is 0 Å². The number of nitrogens with zero attached hydrogens (tertiary/aromatic N) is 2. The first-order valence-corrected chi connectivity index (χ1v) is 9.66. The third kappa shape index (κ3) is 2.81. The molecular formula is C21H29N3O.